The quantitative estimate of drug-likeness (QED) is 0.563. The number of pyridine rings is 1. The summed E-state index contributed by atoms with van der Waals surface area (Å²) in [5.41, 5.74) is 2.17. The molecule has 2 N–H and O–H groups in total. The molecule has 0 bridgehead atoms. The van der Waals surface area contributed by atoms with Gasteiger partial charge in [0.05, 0.1) is 19.2 Å². The molecule has 2 aromatic rings. The van der Waals surface area contributed by atoms with Gasteiger partial charge < -0.3 is 25.0 Å². The molecule has 0 unspecified atom stereocenters. The van der Waals surface area contributed by atoms with Crippen LogP contribution in [0.5, 0.6) is 5.88 Å². The summed E-state index contributed by atoms with van der Waals surface area (Å²) in [4.78, 5) is 34.4. The molecule has 204 valence electrons. The fraction of sp³-hybridized carbons (Fsp3) is 0.500. The number of urea groups is 1. The van der Waals surface area contributed by atoms with Gasteiger partial charge in [-0.1, -0.05) is 68.7 Å². The number of amides is 3. The Morgan fingerprint density at radius 3 is 2.63 bits per heavy atom. The largest absolute Gasteiger partial charge is 0.472 e. The second-order valence-corrected chi connectivity index (χ2v) is 10.7. The maximum atomic E-state index is 13.6. The number of carbonyl (C=O) groups excluding carboxylic acids is 2. The first kappa shape index (κ1) is 27.6. The van der Waals surface area contributed by atoms with Crippen LogP contribution in [0.3, 0.4) is 0 Å². The van der Waals surface area contributed by atoms with Crippen molar-refractivity contribution in [3.63, 3.8) is 0 Å². The number of aliphatic hydroxyl groups is 1. The highest BCUT2D eigenvalue weighted by Crippen LogP contribution is 2.28. The lowest BCUT2D eigenvalue weighted by Crippen LogP contribution is -2.52. The molecule has 3 atom stereocenters. The summed E-state index contributed by atoms with van der Waals surface area (Å²) in [6, 6.07) is 11.4. The fourth-order valence-electron chi connectivity index (χ4n) is 5.07. The molecular weight excluding hydrogens is 480 g/mol. The Hall–Kier alpha value is -3.39. The van der Waals surface area contributed by atoms with Gasteiger partial charge in [0.2, 0.25) is 5.88 Å². The lowest BCUT2D eigenvalue weighted by molar-refractivity contribution is 0.0351. The van der Waals surface area contributed by atoms with Crippen LogP contribution >= 0.6 is 0 Å². The number of nitrogens with one attached hydrogen (secondary N) is 1. The molecule has 0 radical (unpaired) electrons. The first-order chi connectivity index (χ1) is 18.4. The number of nitrogens with zero attached hydrogens (tertiary/aromatic N) is 3. The number of rotatable bonds is 7. The molecule has 1 fully saturated rings. The van der Waals surface area contributed by atoms with Crippen molar-refractivity contribution >= 4 is 24.1 Å². The minimum Gasteiger partial charge on any atom is -0.472 e. The molecule has 8 heteroatoms. The van der Waals surface area contributed by atoms with E-state index in [9.17, 15) is 14.7 Å². The third-order valence-corrected chi connectivity index (χ3v) is 7.54. The molecule has 4 rings (SSSR count). The molecule has 0 spiro atoms. The molecule has 8 nitrogen and oxygen atoms in total. The normalized spacial score (nSPS) is 21.3. The highest BCUT2D eigenvalue weighted by Gasteiger charge is 2.35. The number of hydrogen-bond acceptors (Lipinski definition) is 5. The van der Waals surface area contributed by atoms with Crippen LogP contribution in [0.1, 0.15) is 67.4 Å². The van der Waals surface area contributed by atoms with Gasteiger partial charge in [0.15, 0.2) is 0 Å². The van der Waals surface area contributed by atoms with Gasteiger partial charge in [0.25, 0.3) is 5.91 Å². The summed E-state index contributed by atoms with van der Waals surface area (Å²) in [7, 11) is 1.78. The number of hydrogen-bond donors (Lipinski definition) is 2. The molecule has 1 saturated carbocycles. The van der Waals surface area contributed by atoms with Crippen molar-refractivity contribution in [2.75, 3.05) is 26.7 Å². The van der Waals surface area contributed by atoms with Crippen molar-refractivity contribution < 1.29 is 19.4 Å². The maximum Gasteiger partial charge on any atom is 0.317 e. The van der Waals surface area contributed by atoms with Crippen molar-refractivity contribution in [1.82, 2.24) is 20.1 Å². The van der Waals surface area contributed by atoms with E-state index in [1.54, 1.807) is 29.1 Å². The third-order valence-electron chi connectivity index (χ3n) is 7.54. The summed E-state index contributed by atoms with van der Waals surface area (Å²) >= 11 is 0. The third kappa shape index (κ3) is 6.92. The van der Waals surface area contributed by atoms with E-state index < -0.39 is 0 Å². The van der Waals surface area contributed by atoms with E-state index in [2.05, 4.69) is 10.3 Å². The molecular formula is C30H40N4O4. The van der Waals surface area contributed by atoms with Crippen molar-refractivity contribution in [1.29, 1.82) is 0 Å². The summed E-state index contributed by atoms with van der Waals surface area (Å²) in [6.07, 6.45) is 10.8. The van der Waals surface area contributed by atoms with Crippen LogP contribution < -0.4 is 10.1 Å². The summed E-state index contributed by atoms with van der Waals surface area (Å²) in [6.45, 7) is 4.44. The van der Waals surface area contributed by atoms with Crippen LogP contribution in [0, 0.1) is 5.92 Å². The first-order valence-electron chi connectivity index (χ1n) is 13.7. The smallest absolute Gasteiger partial charge is 0.317 e. The van der Waals surface area contributed by atoms with E-state index in [0.717, 1.165) is 36.8 Å². The van der Waals surface area contributed by atoms with E-state index in [0.29, 0.717) is 18.7 Å². The Morgan fingerprint density at radius 2 is 1.92 bits per heavy atom. The topological polar surface area (TPSA) is 95.0 Å². The lowest BCUT2D eigenvalue weighted by Gasteiger charge is -2.38. The number of fused-ring (bicyclic) bond motifs is 1. The second kappa shape index (κ2) is 12.9. The van der Waals surface area contributed by atoms with E-state index in [1.165, 1.54) is 6.42 Å². The van der Waals surface area contributed by atoms with Gasteiger partial charge in [-0.05, 0) is 37.0 Å². The summed E-state index contributed by atoms with van der Waals surface area (Å²) < 4.78 is 6.34. The number of carbonyl (C=O) groups is 2. The van der Waals surface area contributed by atoms with Gasteiger partial charge in [-0.15, -0.1) is 0 Å². The molecule has 0 saturated heterocycles. The molecule has 2 heterocycles. The van der Waals surface area contributed by atoms with E-state index in [-0.39, 0.29) is 48.5 Å². The number of aliphatic hydroxyl groups excluding tert-OH is 1. The molecule has 38 heavy (non-hydrogen) atoms. The fourth-order valence-corrected chi connectivity index (χ4v) is 5.07. The Balaban J connectivity index is 1.56. The minimum absolute atomic E-state index is 0.0921. The van der Waals surface area contributed by atoms with Crippen LogP contribution in [0.2, 0.25) is 0 Å². The van der Waals surface area contributed by atoms with Gasteiger partial charge in [-0.3, -0.25) is 4.79 Å². The van der Waals surface area contributed by atoms with Crippen molar-refractivity contribution in [2.24, 2.45) is 5.92 Å². The van der Waals surface area contributed by atoms with Gasteiger partial charge in [0, 0.05) is 31.7 Å². The Kier molecular flexibility index (Phi) is 9.39. The van der Waals surface area contributed by atoms with Crippen LogP contribution in [0.4, 0.5) is 4.79 Å². The van der Waals surface area contributed by atoms with Crippen LogP contribution in [0.25, 0.3) is 12.2 Å². The zero-order valence-electron chi connectivity index (χ0n) is 22.7. The van der Waals surface area contributed by atoms with E-state index in [1.807, 2.05) is 56.3 Å². The SMILES string of the molecule is C[C@@H]1CN([C@@H](C)CO)C(=O)c2cc(C=Cc3ccccc3)cnc2O[C@@H]1CN(C)C(=O)NC1CCCCC1. The summed E-state index contributed by atoms with van der Waals surface area (Å²) in [5, 5.41) is 13.1. The van der Waals surface area contributed by atoms with Gasteiger partial charge in [-0.2, -0.15) is 0 Å². The minimum atomic E-state index is -0.379. The standard InChI is InChI=1S/C30H40N4O4/c1-21-18-34(22(2)20-35)29(36)26-16-24(15-14-23-10-6-4-7-11-23)17-31-28(26)38-27(21)19-33(3)30(37)32-25-12-8-5-9-13-25/h4,6-7,10-11,14-17,21-22,25,27,35H,5,8-9,12-13,18-20H2,1-3H3,(H,32,37)/t21-,22+,27-/m1/s1. The van der Waals surface area contributed by atoms with Crippen LogP contribution in [-0.4, -0.2) is 76.8 Å². The highest BCUT2D eigenvalue weighted by atomic mass is 16.5. The van der Waals surface area contributed by atoms with E-state index in [4.69, 9.17) is 4.74 Å². The lowest BCUT2D eigenvalue weighted by atomic mass is 9.96. The Labute approximate surface area is 225 Å². The molecule has 1 aliphatic carbocycles. The first-order valence-corrected chi connectivity index (χ1v) is 13.7. The number of aromatic nitrogens is 1. The van der Waals surface area contributed by atoms with Crippen molar-refractivity contribution in [3.05, 3.63) is 59.3 Å². The maximum absolute atomic E-state index is 13.6. The summed E-state index contributed by atoms with van der Waals surface area (Å²) in [5.74, 6) is -0.0668. The second-order valence-electron chi connectivity index (χ2n) is 10.7. The van der Waals surface area contributed by atoms with Crippen LogP contribution in [-0.2, 0) is 0 Å². The molecule has 1 aromatic carbocycles. The average Bonchev–Trinajstić information content (AvgIpc) is 2.94. The number of likely N-dealkylation sites (N-methyl/N-ethyl adjacent to an activating group) is 1. The number of benzene rings is 1. The average molecular weight is 521 g/mol. The highest BCUT2D eigenvalue weighted by molar-refractivity contribution is 5.97. The molecule has 1 aliphatic heterocycles. The molecule has 1 aromatic heterocycles. The predicted molar refractivity (Wildman–Crippen MR) is 149 cm³/mol. The predicted octanol–water partition coefficient (Wildman–Crippen LogP) is 4.45. The van der Waals surface area contributed by atoms with Gasteiger partial charge >= 0.3 is 6.03 Å². The molecule has 2 aliphatic rings. The number of ether oxygens (including phenoxy) is 1. The van der Waals surface area contributed by atoms with Gasteiger partial charge in [0.1, 0.15) is 11.7 Å². The van der Waals surface area contributed by atoms with Crippen molar-refractivity contribution in [3.8, 4) is 5.88 Å². The molecule has 3 amide bonds. The van der Waals surface area contributed by atoms with Crippen molar-refractivity contribution in [2.45, 2.75) is 64.1 Å². The monoisotopic (exact) mass is 520 g/mol. The zero-order valence-corrected chi connectivity index (χ0v) is 22.7. The van der Waals surface area contributed by atoms with Crippen LogP contribution in [0.15, 0.2) is 42.6 Å². The Bertz CT molecular complexity index is 1120. The Morgan fingerprint density at radius 1 is 1.21 bits per heavy atom. The van der Waals surface area contributed by atoms with E-state index >= 15 is 0 Å². The zero-order chi connectivity index (χ0) is 27.1. The van der Waals surface area contributed by atoms with Gasteiger partial charge in [-0.25, -0.2) is 9.78 Å².